The molecule has 0 saturated heterocycles. The Labute approximate surface area is 102 Å². The van der Waals surface area contributed by atoms with Gasteiger partial charge in [0.15, 0.2) is 0 Å². The lowest BCUT2D eigenvalue weighted by molar-refractivity contribution is 0.277. The van der Waals surface area contributed by atoms with E-state index in [-0.39, 0.29) is 11.5 Å². The topological polar surface area (TPSA) is 50.9 Å². The molecule has 2 aromatic rings. The first kappa shape index (κ1) is 12.0. The Balaban J connectivity index is 2.62. The summed E-state index contributed by atoms with van der Waals surface area (Å²) in [4.78, 5) is 4.15. The van der Waals surface area contributed by atoms with Crippen molar-refractivity contribution in [2.75, 3.05) is 0 Å². The van der Waals surface area contributed by atoms with Crippen LogP contribution in [0.15, 0.2) is 36.7 Å². The fraction of sp³-hybridized carbons (Fsp3) is 0.357. The van der Waals surface area contributed by atoms with E-state index in [0.29, 0.717) is 0 Å². The first-order valence-electron chi connectivity index (χ1n) is 5.83. The second kappa shape index (κ2) is 4.43. The van der Waals surface area contributed by atoms with Crippen LogP contribution in [-0.4, -0.2) is 4.98 Å². The molecule has 1 heterocycles. The van der Waals surface area contributed by atoms with Gasteiger partial charge in [-0.3, -0.25) is 16.3 Å². The van der Waals surface area contributed by atoms with E-state index >= 15 is 0 Å². The van der Waals surface area contributed by atoms with Gasteiger partial charge in [-0.1, -0.05) is 39.0 Å². The van der Waals surface area contributed by atoms with Crippen molar-refractivity contribution in [3.8, 4) is 0 Å². The number of hydrogen-bond donors (Lipinski definition) is 2. The highest BCUT2D eigenvalue weighted by Crippen LogP contribution is 2.35. The lowest BCUT2D eigenvalue weighted by Crippen LogP contribution is -2.36. The zero-order chi connectivity index (χ0) is 12.5. The first-order valence-corrected chi connectivity index (χ1v) is 5.83. The number of rotatable bonds is 2. The van der Waals surface area contributed by atoms with E-state index in [1.807, 2.05) is 18.5 Å². The summed E-state index contributed by atoms with van der Waals surface area (Å²) in [7, 11) is 0. The van der Waals surface area contributed by atoms with Crippen molar-refractivity contribution < 1.29 is 0 Å². The number of benzene rings is 1. The Morgan fingerprint density at radius 2 is 2.00 bits per heavy atom. The summed E-state index contributed by atoms with van der Waals surface area (Å²) in [5, 5.41) is 2.36. The van der Waals surface area contributed by atoms with Crippen molar-refractivity contribution in [1.29, 1.82) is 0 Å². The Morgan fingerprint density at radius 3 is 2.65 bits per heavy atom. The lowest BCUT2D eigenvalue weighted by Gasteiger charge is -2.31. The molecule has 0 amide bonds. The van der Waals surface area contributed by atoms with Crippen molar-refractivity contribution in [2.24, 2.45) is 11.3 Å². The molecule has 0 radical (unpaired) electrons. The van der Waals surface area contributed by atoms with Crippen LogP contribution in [0.1, 0.15) is 32.4 Å². The summed E-state index contributed by atoms with van der Waals surface area (Å²) in [6, 6.07) is 8.41. The third-order valence-electron chi connectivity index (χ3n) is 3.06. The van der Waals surface area contributed by atoms with Crippen molar-refractivity contribution in [2.45, 2.75) is 26.8 Å². The molecule has 1 aromatic heterocycles. The monoisotopic (exact) mass is 229 g/mol. The fourth-order valence-electron chi connectivity index (χ4n) is 2.21. The minimum absolute atomic E-state index is 0.0618. The molecule has 0 saturated carbocycles. The summed E-state index contributed by atoms with van der Waals surface area (Å²) < 4.78 is 0. The van der Waals surface area contributed by atoms with Crippen LogP contribution in [-0.2, 0) is 0 Å². The molecule has 0 bridgehead atoms. The average molecular weight is 229 g/mol. The van der Waals surface area contributed by atoms with Gasteiger partial charge in [-0.2, -0.15) is 0 Å². The molecule has 3 N–H and O–H groups in total. The molecule has 17 heavy (non-hydrogen) atoms. The zero-order valence-electron chi connectivity index (χ0n) is 10.6. The van der Waals surface area contributed by atoms with Gasteiger partial charge in [0.05, 0.1) is 6.04 Å². The number of fused-ring (bicyclic) bond motifs is 1. The number of nitrogens with one attached hydrogen (secondary N) is 1. The van der Waals surface area contributed by atoms with Gasteiger partial charge in [-0.25, -0.2) is 0 Å². The molecular formula is C14H19N3. The van der Waals surface area contributed by atoms with Gasteiger partial charge < -0.3 is 0 Å². The van der Waals surface area contributed by atoms with Crippen molar-refractivity contribution in [3.63, 3.8) is 0 Å². The summed E-state index contributed by atoms with van der Waals surface area (Å²) in [5.41, 5.74) is 4.21. The summed E-state index contributed by atoms with van der Waals surface area (Å²) in [6.45, 7) is 6.53. The third kappa shape index (κ3) is 2.30. The number of nitrogens with two attached hydrogens (primary N) is 1. The van der Waals surface area contributed by atoms with Crippen LogP contribution in [0.3, 0.4) is 0 Å². The predicted molar refractivity (Wildman–Crippen MR) is 71.3 cm³/mol. The van der Waals surface area contributed by atoms with Crippen molar-refractivity contribution in [1.82, 2.24) is 10.4 Å². The van der Waals surface area contributed by atoms with Crippen LogP contribution in [0.5, 0.6) is 0 Å². The quantitative estimate of drug-likeness (QED) is 0.615. The minimum atomic E-state index is 0.0618. The van der Waals surface area contributed by atoms with Gasteiger partial charge in [0.1, 0.15) is 0 Å². The minimum Gasteiger partial charge on any atom is -0.271 e. The lowest BCUT2D eigenvalue weighted by atomic mass is 9.81. The predicted octanol–water partition coefficient (Wildman–Crippen LogP) is 2.79. The van der Waals surface area contributed by atoms with Crippen LogP contribution >= 0.6 is 0 Å². The van der Waals surface area contributed by atoms with Gasteiger partial charge >= 0.3 is 0 Å². The van der Waals surface area contributed by atoms with E-state index in [9.17, 15) is 0 Å². The van der Waals surface area contributed by atoms with E-state index in [1.165, 1.54) is 10.9 Å². The standard InChI is InChI=1S/C14H19N3/c1-14(2,3)13(17-15)12-6-4-5-10-9-16-8-7-11(10)12/h4-9,13,17H,15H2,1-3H3. The zero-order valence-corrected chi connectivity index (χ0v) is 10.6. The molecule has 0 aliphatic rings. The van der Waals surface area contributed by atoms with Crippen LogP contribution in [0, 0.1) is 5.41 Å². The maximum absolute atomic E-state index is 5.72. The number of aromatic nitrogens is 1. The molecule has 1 aromatic carbocycles. The Hall–Kier alpha value is -1.45. The molecule has 0 aliphatic carbocycles. The molecule has 1 atom stereocenters. The number of hydrazine groups is 1. The van der Waals surface area contributed by atoms with Crippen LogP contribution in [0.25, 0.3) is 10.8 Å². The van der Waals surface area contributed by atoms with E-state index in [1.54, 1.807) is 0 Å². The Morgan fingerprint density at radius 1 is 1.24 bits per heavy atom. The Bertz CT molecular complexity index is 509. The van der Waals surface area contributed by atoms with Crippen molar-refractivity contribution in [3.05, 3.63) is 42.2 Å². The molecule has 90 valence electrons. The molecule has 0 aliphatic heterocycles. The van der Waals surface area contributed by atoms with Gasteiger partial charge in [0, 0.05) is 17.8 Å². The normalized spacial score (nSPS) is 13.9. The van der Waals surface area contributed by atoms with Gasteiger partial charge in [0.25, 0.3) is 0 Å². The van der Waals surface area contributed by atoms with Crippen LogP contribution < -0.4 is 11.3 Å². The summed E-state index contributed by atoms with van der Waals surface area (Å²) in [5.74, 6) is 5.72. The smallest absolute Gasteiger partial charge is 0.0514 e. The maximum atomic E-state index is 5.72. The SMILES string of the molecule is CC(C)(C)C(NN)c1cccc2cnccc12. The highest BCUT2D eigenvalue weighted by molar-refractivity contribution is 5.85. The van der Waals surface area contributed by atoms with Gasteiger partial charge in [0.2, 0.25) is 0 Å². The molecule has 0 fully saturated rings. The second-order valence-corrected chi connectivity index (χ2v) is 5.41. The molecule has 1 unspecified atom stereocenters. The van der Waals surface area contributed by atoms with E-state index < -0.39 is 0 Å². The second-order valence-electron chi connectivity index (χ2n) is 5.41. The van der Waals surface area contributed by atoms with Crippen LogP contribution in [0.2, 0.25) is 0 Å². The first-order chi connectivity index (χ1) is 8.04. The molecule has 3 nitrogen and oxygen atoms in total. The molecular weight excluding hydrogens is 210 g/mol. The van der Waals surface area contributed by atoms with E-state index in [2.05, 4.69) is 49.4 Å². The summed E-state index contributed by atoms with van der Waals surface area (Å²) in [6.07, 6.45) is 3.71. The van der Waals surface area contributed by atoms with Crippen LogP contribution in [0.4, 0.5) is 0 Å². The highest BCUT2D eigenvalue weighted by Gasteiger charge is 2.26. The van der Waals surface area contributed by atoms with Gasteiger partial charge in [-0.05, 0) is 22.4 Å². The number of pyridine rings is 1. The summed E-state index contributed by atoms with van der Waals surface area (Å²) >= 11 is 0. The average Bonchev–Trinajstić information content (AvgIpc) is 2.28. The highest BCUT2D eigenvalue weighted by atomic mass is 15.2. The third-order valence-corrected chi connectivity index (χ3v) is 3.06. The molecule has 2 rings (SSSR count). The Kier molecular flexibility index (Phi) is 3.13. The van der Waals surface area contributed by atoms with Gasteiger partial charge in [-0.15, -0.1) is 0 Å². The molecule has 0 spiro atoms. The maximum Gasteiger partial charge on any atom is 0.0514 e. The largest absolute Gasteiger partial charge is 0.271 e. The van der Waals surface area contributed by atoms with Crippen molar-refractivity contribution >= 4 is 10.8 Å². The fourth-order valence-corrected chi connectivity index (χ4v) is 2.21. The van der Waals surface area contributed by atoms with E-state index in [4.69, 9.17) is 5.84 Å². The molecule has 3 heteroatoms. The van der Waals surface area contributed by atoms with E-state index in [0.717, 1.165) is 5.39 Å². The number of hydrogen-bond acceptors (Lipinski definition) is 3. The number of nitrogens with zero attached hydrogens (tertiary/aromatic N) is 1.